The smallest absolute Gasteiger partial charge is 0.286 e. The molecule has 3 rings (SSSR count). The summed E-state index contributed by atoms with van der Waals surface area (Å²) in [6.07, 6.45) is 0. The van der Waals surface area contributed by atoms with E-state index >= 15 is 0 Å². The molecule has 2 amide bonds. The number of nitro benzene ring substituents is 1. The number of carbonyl (C=O) groups is 2. The van der Waals surface area contributed by atoms with Gasteiger partial charge in [-0.1, -0.05) is 29.3 Å². The number of hydrogen-bond acceptors (Lipinski definition) is 6. The molecular formula is C18H15Cl2N3O6. The minimum atomic E-state index is -0.728. The lowest BCUT2D eigenvalue weighted by Gasteiger charge is -2.21. The zero-order chi connectivity index (χ0) is 21.1. The van der Waals surface area contributed by atoms with Crippen LogP contribution in [0.25, 0.3) is 0 Å². The van der Waals surface area contributed by atoms with Gasteiger partial charge in [-0.2, -0.15) is 0 Å². The van der Waals surface area contributed by atoms with Gasteiger partial charge in [-0.15, -0.1) is 0 Å². The monoisotopic (exact) mass is 439 g/mol. The molecule has 0 saturated carbocycles. The highest BCUT2D eigenvalue weighted by Crippen LogP contribution is 2.37. The Hall–Kier alpha value is -3.04. The second kappa shape index (κ2) is 8.54. The number of likely N-dealkylation sites (N-methyl/N-ethyl adjacent to an activating group) is 1. The second-order valence-corrected chi connectivity index (χ2v) is 6.89. The Morgan fingerprint density at radius 3 is 2.34 bits per heavy atom. The summed E-state index contributed by atoms with van der Waals surface area (Å²) in [5.41, 5.74) is -0.446. The zero-order valence-electron chi connectivity index (χ0n) is 15.1. The van der Waals surface area contributed by atoms with Gasteiger partial charge in [0.25, 0.3) is 11.6 Å². The number of hydrogen-bond donors (Lipinski definition) is 1. The van der Waals surface area contributed by atoms with Crippen molar-refractivity contribution in [1.82, 2.24) is 4.90 Å². The molecule has 29 heavy (non-hydrogen) atoms. The van der Waals surface area contributed by atoms with Crippen LogP contribution in [-0.2, 0) is 4.79 Å². The quantitative estimate of drug-likeness (QED) is 0.564. The first-order valence-corrected chi connectivity index (χ1v) is 9.11. The van der Waals surface area contributed by atoms with Crippen LogP contribution in [0.15, 0.2) is 30.3 Å². The van der Waals surface area contributed by atoms with Crippen LogP contribution in [0.2, 0.25) is 10.0 Å². The van der Waals surface area contributed by atoms with Crippen LogP contribution >= 0.6 is 23.2 Å². The predicted molar refractivity (Wildman–Crippen MR) is 106 cm³/mol. The molecule has 0 bridgehead atoms. The van der Waals surface area contributed by atoms with Crippen molar-refractivity contribution >= 4 is 46.4 Å². The SMILES string of the molecule is CN(CC(=O)Nc1c(Cl)cccc1Cl)C(=O)c1cc2c(cc1[N+](=O)[O-])OCCO2. The van der Waals surface area contributed by atoms with Crippen LogP contribution in [0.1, 0.15) is 10.4 Å². The Labute approximate surface area is 175 Å². The number of halogens is 2. The number of fused-ring (bicyclic) bond motifs is 1. The number of ether oxygens (including phenoxy) is 2. The molecule has 0 spiro atoms. The van der Waals surface area contributed by atoms with Gasteiger partial charge in [0.2, 0.25) is 5.91 Å². The van der Waals surface area contributed by atoms with Gasteiger partial charge in [-0.05, 0) is 12.1 Å². The number of carbonyl (C=O) groups excluding carboxylic acids is 2. The maximum atomic E-state index is 12.8. The average molecular weight is 440 g/mol. The molecule has 0 atom stereocenters. The molecule has 0 aromatic heterocycles. The molecule has 0 fully saturated rings. The lowest BCUT2D eigenvalue weighted by Crippen LogP contribution is -2.35. The maximum Gasteiger partial charge on any atom is 0.286 e. The molecule has 0 aliphatic carbocycles. The van der Waals surface area contributed by atoms with Gasteiger partial charge in [-0.25, -0.2) is 0 Å². The van der Waals surface area contributed by atoms with Crippen molar-refractivity contribution < 1.29 is 24.0 Å². The van der Waals surface area contributed by atoms with E-state index < -0.39 is 22.4 Å². The molecule has 2 aromatic carbocycles. The Bertz CT molecular complexity index is 978. The Kier molecular flexibility index (Phi) is 6.09. The Morgan fingerprint density at radius 2 is 1.76 bits per heavy atom. The lowest BCUT2D eigenvalue weighted by atomic mass is 10.1. The van der Waals surface area contributed by atoms with Gasteiger partial charge in [0, 0.05) is 13.1 Å². The van der Waals surface area contributed by atoms with Gasteiger partial charge in [0.15, 0.2) is 11.5 Å². The van der Waals surface area contributed by atoms with Crippen molar-refractivity contribution in [2.45, 2.75) is 0 Å². The van der Waals surface area contributed by atoms with Crippen LogP contribution in [0, 0.1) is 10.1 Å². The van der Waals surface area contributed by atoms with E-state index in [4.69, 9.17) is 32.7 Å². The number of nitrogens with zero attached hydrogens (tertiary/aromatic N) is 2. The van der Waals surface area contributed by atoms with Crippen LogP contribution in [0.3, 0.4) is 0 Å². The van der Waals surface area contributed by atoms with E-state index in [-0.39, 0.29) is 52.6 Å². The minimum Gasteiger partial charge on any atom is -0.486 e. The first kappa shape index (κ1) is 20.7. The molecule has 0 radical (unpaired) electrons. The maximum absolute atomic E-state index is 12.8. The number of para-hydroxylation sites is 1. The molecular weight excluding hydrogens is 425 g/mol. The standard InChI is InChI=1S/C18H15Cl2N3O6/c1-22(9-16(24)21-17-11(19)3-2-4-12(17)20)18(25)10-7-14-15(29-6-5-28-14)8-13(10)23(26)27/h2-4,7-8H,5-6,9H2,1H3,(H,21,24). The van der Waals surface area contributed by atoms with E-state index in [0.29, 0.717) is 0 Å². The fraction of sp³-hybridized carbons (Fsp3) is 0.222. The van der Waals surface area contributed by atoms with Crippen LogP contribution in [0.4, 0.5) is 11.4 Å². The molecule has 2 aromatic rings. The van der Waals surface area contributed by atoms with Crippen molar-refractivity contribution in [2.75, 3.05) is 32.1 Å². The highest BCUT2D eigenvalue weighted by Gasteiger charge is 2.29. The number of amides is 2. The molecule has 152 valence electrons. The summed E-state index contributed by atoms with van der Waals surface area (Å²) in [6.45, 7) is 0.128. The predicted octanol–water partition coefficient (Wildman–Crippen LogP) is 3.38. The van der Waals surface area contributed by atoms with Gasteiger partial charge >= 0.3 is 0 Å². The van der Waals surface area contributed by atoms with E-state index in [1.165, 1.54) is 13.1 Å². The Morgan fingerprint density at radius 1 is 1.17 bits per heavy atom. The number of anilines is 1. The van der Waals surface area contributed by atoms with Crippen LogP contribution in [0.5, 0.6) is 11.5 Å². The number of nitro groups is 1. The second-order valence-electron chi connectivity index (χ2n) is 6.08. The molecule has 1 aliphatic rings. The van der Waals surface area contributed by atoms with Gasteiger partial charge in [0.1, 0.15) is 18.8 Å². The number of nitrogens with one attached hydrogen (secondary N) is 1. The van der Waals surface area contributed by atoms with E-state index in [1.807, 2.05) is 0 Å². The summed E-state index contributed by atoms with van der Waals surface area (Å²) in [4.78, 5) is 36.8. The third kappa shape index (κ3) is 4.52. The molecule has 1 heterocycles. The fourth-order valence-corrected chi connectivity index (χ4v) is 3.18. The van der Waals surface area contributed by atoms with E-state index in [9.17, 15) is 19.7 Å². The van der Waals surface area contributed by atoms with Gasteiger partial charge < -0.3 is 19.7 Å². The largest absolute Gasteiger partial charge is 0.486 e. The third-order valence-electron chi connectivity index (χ3n) is 4.04. The average Bonchev–Trinajstić information content (AvgIpc) is 2.69. The van der Waals surface area contributed by atoms with Gasteiger partial charge in [-0.3, -0.25) is 19.7 Å². The van der Waals surface area contributed by atoms with E-state index in [0.717, 1.165) is 11.0 Å². The molecule has 9 nitrogen and oxygen atoms in total. The normalized spacial score (nSPS) is 12.2. The summed E-state index contributed by atoms with van der Waals surface area (Å²) in [5.74, 6) is -0.885. The van der Waals surface area contributed by atoms with Crippen LogP contribution < -0.4 is 14.8 Å². The van der Waals surface area contributed by atoms with Crippen molar-refractivity contribution in [1.29, 1.82) is 0 Å². The molecule has 1 aliphatic heterocycles. The Balaban J connectivity index is 1.79. The van der Waals surface area contributed by atoms with Crippen molar-refractivity contribution in [3.05, 3.63) is 56.1 Å². The summed E-state index contributed by atoms with van der Waals surface area (Å²) in [6, 6.07) is 7.11. The first-order chi connectivity index (χ1) is 13.8. The fourth-order valence-electron chi connectivity index (χ4n) is 2.69. The van der Waals surface area contributed by atoms with Crippen LogP contribution in [-0.4, -0.2) is 48.4 Å². The minimum absolute atomic E-state index is 0.188. The summed E-state index contributed by atoms with van der Waals surface area (Å²) in [7, 11) is 1.34. The topological polar surface area (TPSA) is 111 Å². The van der Waals surface area contributed by atoms with E-state index in [2.05, 4.69) is 5.32 Å². The lowest BCUT2D eigenvalue weighted by molar-refractivity contribution is -0.385. The summed E-state index contributed by atoms with van der Waals surface area (Å²) >= 11 is 12.0. The van der Waals surface area contributed by atoms with Crippen molar-refractivity contribution in [3.63, 3.8) is 0 Å². The van der Waals surface area contributed by atoms with Gasteiger partial charge in [0.05, 0.1) is 33.3 Å². The summed E-state index contributed by atoms with van der Waals surface area (Å²) < 4.78 is 10.7. The highest BCUT2D eigenvalue weighted by atomic mass is 35.5. The van der Waals surface area contributed by atoms with Crippen molar-refractivity contribution in [3.8, 4) is 11.5 Å². The third-order valence-corrected chi connectivity index (χ3v) is 4.67. The molecule has 1 N–H and O–H groups in total. The molecule has 11 heteroatoms. The number of rotatable bonds is 5. The highest BCUT2D eigenvalue weighted by molar-refractivity contribution is 6.39. The van der Waals surface area contributed by atoms with E-state index in [1.54, 1.807) is 18.2 Å². The first-order valence-electron chi connectivity index (χ1n) is 8.35. The van der Waals surface area contributed by atoms with Crippen molar-refractivity contribution in [2.24, 2.45) is 0 Å². The zero-order valence-corrected chi connectivity index (χ0v) is 16.6. The number of benzene rings is 2. The molecule has 0 unspecified atom stereocenters. The summed E-state index contributed by atoms with van der Waals surface area (Å²) in [5, 5.41) is 14.4. The molecule has 0 saturated heterocycles.